The number of anilines is 1. The zero-order chi connectivity index (χ0) is 18.2. The lowest BCUT2D eigenvalue weighted by Gasteiger charge is -2.43. The molecule has 1 atom stereocenters. The summed E-state index contributed by atoms with van der Waals surface area (Å²) in [6, 6.07) is 0. The van der Waals surface area contributed by atoms with Gasteiger partial charge in [-0.1, -0.05) is 6.92 Å². The molecule has 2 aliphatic heterocycles. The maximum Gasteiger partial charge on any atom is 0.407 e. The largest absolute Gasteiger partial charge is 0.465 e. The number of nitrogens with one attached hydrogen (secondary N) is 1. The zero-order valence-electron chi connectivity index (χ0n) is 14.9. The molecule has 2 aliphatic rings. The predicted octanol–water partition coefficient (Wildman–Crippen LogP) is 1.54. The van der Waals surface area contributed by atoms with Crippen LogP contribution in [0.3, 0.4) is 0 Å². The molecule has 1 fully saturated rings. The number of rotatable bonds is 3. The summed E-state index contributed by atoms with van der Waals surface area (Å²) in [5.74, 6) is 0.716. The highest BCUT2D eigenvalue weighted by atomic mass is 16.4. The summed E-state index contributed by atoms with van der Waals surface area (Å²) in [5, 5.41) is 11.9. The average molecular weight is 347 g/mol. The van der Waals surface area contributed by atoms with Crippen LogP contribution < -0.4 is 5.32 Å². The molecule has 8 nitrogen and oxygen atoms in total. The third-order valence-corrected chi connectivity index (χ3v) is 5.21. The van der Waals surface area contributed by atoms with E-state index in [1.807, 2.05) is 6.92 Å². The number of hydrogen-bond donors (Lipinski definition) is 2. The Kier molecular flexibility index (Phi) is 4.64. The average Bonchev–Trinajstić information content (AvgIpc) is 2.54. The van der Waals surface area contributed by atoms with Crippen LogP contribution >= 0.6 is 0 Å². The van der Waals surface area contributed by atoms with Gasteiger partial charge in [-0.05, 0) is 19.8 Å². The Bertz CT molecular complexity index is 683. The van der Waals surface area contributed by atoms with E-state index in [0.29, 0.717) is 38.4 Å². The van der Waals surface area contributed by atoms with Gasteiger partial charge < -0.3 is 15.3 Å². The van der Waals surface area contributed by atoms with Gasteiger partial charge in [0.1, 0.15) is 12.1 Å². The van der Waals surface area contributed by atoms with E-state index in [4.69, 9.17) is 5.11 Å². The van der Waals surface area contributed by atoms with Crippen LogP contribution in [0.25, 0.3) is 0 Å². The molecule has 2 amide bonds. The predicted molar refractivity (Wildman–Crippen MR) is 92.6 cm³/mol. The number of carboxylic acid groups (broad SMARTS) is 1. The van der Waals surface area contributed by atoms with Gasteiger partial charge in [0, 0.05) is 50.1 Å². The lowest BCUT2D eigenvalue weighted by Crippen LogP contribution is -2.56. The highest BCUT2D eigenvalue weighted by Gasteiger charge is 2.34. The molecule has 2 N–H and O–H groups in total. The summed E-state index contributed by atoms with van der Waals surface area (Å²) < 4.78 is 0. The molecule has 3 rings (SSSR count). The molecule has 0 radical (unpaired) electrons. The minimum atomic E-state index is -0.855. The summed E-state index contributed by atoms with van der Waals surface area (Å²) >= 11 is 0. The minimum absolute atomic E-state index is 0.00583. The molecule has 0 spiro atoms. The Morgan fingerprint density at radius 1 is 1.32 bits per heavy atom. The lowest BCUT2D eigenvalue weighted by atomic mass is 9.87. The fourth-order valence-electron chi connectivity index (χ4n) is 3.78. The standard InChI is InChI=1S/C17H25N5O3/c1-11-8-13(23)20-15-14(11)12(18-10-19-15)9-17(2,3)22-6-4-21(5-7-22)16(24)25/h10-11H,4-9H2,1-3H3,(H,24,25)(H,18,19,20,23)/t11-/m1/s1. The highest BCUT2D eigenvalue weighted by Crippen LogP contribution is 2.34. The first kappa shape index (κ1) is 17.6. The first-order valence-corrected chi connectivity index (χ1v) is 8.64. The van der Waals surface area contributed by atoms with Gasteiger partial charge in [0.15, 0.2) is 0 Å². The maximum atomic E-state index is 11.7. The van der Waals surface area contributed by atoms with Crippen molar-refractivity contribution in [2.45, 2.75) is 45.1 Å². The molecule has 1 aromatic heterocycles. The van der Waals surface area contributed by atoms with Gasteiger partial charge in [-0.2, -0.15) is 0 Å². The highest BCUT2D eigenvalue weighted by molar-refractivity contribution is 5.93. The van der Waals surface area contributed by atoms with Crippen LogP contribution in [0.1, 0.15) is 44.4 Å². The summed E-state index contributed by atoms with van der Waals surface area (Å²) in [5.41, 5.74) is 1.83. The summed E-state index contributed by atoms with van der Waals surface area (Å²) in [7, 11) is 0. The Morgan fingerprint density at radius 2 is 2.00 bits per heavy atom. The van der Waals surface area contributed by atoms with E-state index >= 15 is 0 Å². The molecule has 0 unspecified atom stereocenters. The number of amides is 2. The molecule has 0 saturated carbocycles. The quantitative estimate of drug-likeness (QED) is 0.860. The topological polar surface area (TPSA) is 98.7 Å². The van der Waals surface area contributed by atoms with E-state index in [-0.39, 0.29) is 17.4 Å². The van der Waals surface area contributed by atoms with Crippen LogP contribution in [0, 0.1) is 0 Å². The molecular weight excluding hydrogens is 322 g/mol. The SMILES string of the molecule is C[C@@H]1CC(=O)Nc2ncnc(CC(C)(C)N3CCN(C(=O)O)CC3)c21. The van der Waals surface area contributed by atoms with Crippen molar-refractivity contribution in [3.05, 3.63) is 17.6 Å². The van der Waals surface area contributed by atoms with Crippen LogP contribution in [0.4, 0.5) is 10.6 Å². The van der Waals surface area contributed by atoms with Gasteiger partial charge in [-0.25, -0.2) is 14.8 Å². The first-order valence-electron chi connectivity index (χ1n) is 8.64. The van der Waals surface area contributed by atoms with Crippen molar-refractivity contribution >= 4 is 17.8 Å². The van der Waals surface area contributed by atoms with Gasteiger partial charge in [-0.3, -0.25) is 9.69 Å². The number of carbonyl (C=O) groups excluding carboxylic acids is 1. The molecule has 0 bridgehead atoms. The van der Waals surface area contributed by atoms with Crippen LogP contribution in [0.2, 0.25) is 0 Å². The van der Waals surface area contributed by atoms with Crippen LogP contribution in [-0.2, 0) is 11.2 Å². The zero-order valence-corrected chi connectivity index (χ0v) is 14.9. The van der Waals surface area contributed by atoms with Gasteiger partial charge in [-0.15, -0.1) is 0 Å². The monoisotopic (exact) mass is 347 g/mol. The summed E-state index contributed by atoms with van der Waals surface area (Å²) in [6.45, 7) is 8.80. The molecule has 1 aromatic rings. The van der Waals surface area contributed by atoms with Crippen LogP contribution in [0.15, 0.2) is 6.33 Å². The van der Waals surface area contributed by atoms with Crippen molar-refractivity contribution in [2.24, 2.45) is 0 Å². The van der Waals surface area contributed by atoms with Crippen molar-refractivity contribution in [1.29, 1.82) is 0 Å². The van der Waals surface area contributed by atoms with E-state index in [2.05, 4.69) is 34.0 Å². The van der Waals surface area contributed by atoms with Crippen LogP contribution in [-0.4, -0.2) is 68.6 Å². The lowest BCUT2D eigenvalue weighted by molar-refractivity contribution is -0.116. The van der Waals surface area contributed by atoms with E-state index in [0.717, 1.165) is 17.7 Å². The molecule has 136 valence electrons. The summed E-state index contributed by atoms with van der Waals surface area (Å²) in [4.78, 5) is 35.3. The normalized spacial score (nSPS) is 21.6. The number of carbonyl (C=O) groups is 2. The number of nitrogens with zero attached hydrogens (tertiary/aromatic N) is 4. The van der Waals surface area contributed by atoms with Gasteiger partial charge in [0.2, 0.25) is 5.91 Å². The molecule has 0 aromatic carbocycles. The molecule has 25 heavy (non-hydrogen) atoms. The Morgan fingerprint density at radius 3 is 2.64 bits per heavy atom. The van der Waals surface area contributed by atoms with Gasteiger partial charge in [0.25, 0.3) is 0 Å². The molecular formula is C17H25N5O3. The minimum Gasteiger partial charge on any atom is -0.465 e. The van der Waals surface area contributed by atoms with Gasteiger partial charge in [0.05, 0.1) is 5.69 Å². The van der Waals surface area contributed by atoms with Crippen molar-refractivity contribution in [3.8, 4) is 0 Å². The van der Waals surface area contributed by atoms with Crippen molar-refractivity contribution in [3.63, 3.8) is 0 Å². The van der Waals surface area contributed by atoms with Gasteiger partial charge >= 0.3 is 6.09 Å². The van der Waals surface area contributed by atoms with Crippen molar-refractivity contribution in [2.75, 3.05) is 31.5 Å². The number of piperazine rings is 1. The Balaban J connectivity index is 1.77. The van der Waals surface area contributed by atoms with Crippen molar-refractivity contribution < 1.29 is 14.7 Å². The summed E-state index contributed by atoms with van der Waals surface area (Å²) in [6.07, 6.45) is 1.83. The number of aromatic nitrogens is 2. The smallest absolute Gasteiger partial charge is 0.407 e. The molecule has 8 heteroatoms. The second-order valence-electron chi connectivity index (χ2n) is 7.48. The second-order valence-corrected chi connectivity index (χ2v) is 7.48. The van der Waals surface area contributed by atoms with E-state index in [9.17, 15) is 9.59 Å². The molecule has 1 saturated heterocycles. The van der Waals surface area contributed by atoms with Crippen molar-refractivity contribution in [1.82, 2.24) is 19.8 Å². The van der Waals surface area contributed by atoms with E-state index in [1.165, 1.54) is 11.2 Å². The van der Waals surface area contributed by atoms with E-state index in [1.54, 1.807) is 0 Å². The number of hydrogen-bond acceptors (Lipinski definition) is 5. The van der Waals surface area contributed by atoms with Crippen LogP contribution in [0.5, 0.6) is 0 Å². The molecule has 3 heterocycles. The Labute approximate surface area is 147 Å². The molecule has 0 aliphatic carbocycles. The second kappa shape index (κ2) is 6.59. The first-order chi connectivity index (χ1) is 11.8. The third-order valence-electron chi connectivity index (χ3n) is 5.21. The maximum absolute atomic E-state index is 11.7. The third kappa shape index (κ3) is 3.58. The Hall–Kier alpha value is -2.22. The van der Waals surface area contributed by atoms with E-state index < -0.39 is 6.09 Å². The fourth-order valence-corrected chi connectivity index (χ4v) is 3.78. The number of fused-ring (bicyclic) bond motifs is 1. The fraction of sp³-hybridized carbons (Fsp3) is 0.647.